The van der Waals surface area contributed by atoms with Crippen LogP contribution < -0.4 is 0 Å². The van der Waals surface area contributed by atoms with Crippen LogP contribution in [-0.4, -0.2) is 69.3 Å². The summed E-state index contributed by atoms with van der Waals surface area (Å²) in [5.41, 5.74) is 1.34. The van der Waals surface area contributed by atoms with Crippen molar-refractivity contribution < 1.29 is 9.32 Å². The molecule has 0 aliphatic carbocycles. The summed E-state index contributed by atoms with van der Waals surface area (Å²) < 4.78 is 5.56. The van der Waals surface area contributed by atoms with Crippen LogP contribution in [0.4, 0.5) is 0 Å². The summed E-state index contributed by atoms with van der Waals surface area (Å²) in [5.74, 6) is 1.33. The van der Waals surface area contributed by atoms with E-state index in [-0.39, 0.29) is 17.2 Å². The van der Waals surface area contributed by atoms with Gasteiger partial charge in [0.25, 0.3) is 5.91 Å². The quantitative estimate of drug-likeness (QED) is 0.733. The first kappa shape index (κ1) is 17.4. The predicted molar refractivity (Wildman–Crippen MR) is 103 cm³/mol. The van der Waals surface area contributed by atoms with Crippen LogP contribution in [-0.2, 0) is 0 Å². The smallest absolute Gasteiger partial charge is 0.275 e. The van der Waals surface area contributed by atoms with Crippen molar-refractivity contribution in [3.8, 4) is 0 Å². The molecule has 28 heavy (non-hydrogen) atoms. The average Bonchev–Trinajstić information content (AvgIpc) is 3.41. The van der Waals surface area contributed by atoms with E-state index in [1.165, 1.54) is 0 Å². The standard InChI is InChI=1S/C20H24N6O2/c1-13-21-18(28-24-13)15-11-26(12-20(15)7-9-25(2)10-8-20)19(27)17-14-5-3-4-6-16(14)22-23-17/h3-6,15H,7-12H2,1-2H3,(H,22,23)/t15-/m1/s1. The Morgan fingerprint density at radius 3 is 2.82 bits per heavy atom. The van der Waals surface area contributed by atoms with Gasteiger partial charge >= 0.3 is 0 Å². The van der Waals surface area contributed by atoms with E-state index in [4.69, 9.17) is 4.52 Å². The van der Waals surface area contributed by atoms with Crippen LogP contribution in [0.1, 0.15) is 41.0 Å². The van der Waals surface area contributed by atoms with Crippen molar-refractivity contribution in [1.29, 1.82) is 0 Å². The fourth-order valence-corrected chi connectivity index (χ4v) is 4.76. The van der Waals surface area contributed by atoms with E-state index in [0.29, 0.717) is 30.5 Å². The van der Waals surface area contributed by atoms with Crippen LogP contribution in [0.2, 0.25) is 0 Å². The molecule has 146 valence electrons. The number of carbonyl (C=O) groups is 1. The summed E-state index contributed by atoms with van der Waals surface area (Å²) in [7, 11) is 2.15. The molecule has 2 aliphatic rings. The largest absolute Gasteiger partial charge is 0.339 e. The minimum absolute atomic E-state index is 0.0206. The molecule has 5 rings (SSSR count). The molecule has 1 N–H and O–H groups in total. The number of nitrogens with zero attached hydrogens (tertiary/aromatic N) is 5. The first-order valence-electron chi connectivity index (χ1n) is 9.77. The van der Waals surface area contributed by atoms with Gasteiger partial charge in [-0.25, -0.2) is 0 Å². The number of benzene rings is 1. The summed E-state index contributed by atoms with van der Waals surface area (Å²) >= 11 is 0. The van der Waals surface area contributed by atoms with Gasteiger partial charge in [0.1, 0.15) is 0 Å². The number of likely N-dealkylation sites (tertiary alicyclic amines) is 2. The molecule has 1 spiro atoms. The number of amides is 1. The van der Waals surface area contributed by atoms with Crippen LogP contribution in [0.25, 0.3) is 10.9 Å². The van der Waals surface area contributed by atoms with Gasteiger partial charge in [-0.05, 0) is 46.0 Å². The molecule has 0 saturated carbocycles. The minimum Gasteiger partial charge on any atom is -0.339 e. The predicted octanol–water partition coefficient (Wildman–Crippen LogP) is 2.21. The van der Waals surface area contributed by atoms with Gasteiger partial charge in [-0.15, -0.1) is 0 Å². The highest BCUT2D eigenvalue weighted by Crippen LogP contribution is 2.49. The highest BCUT2D eigenvalue weighted by Gasteiger charge is 2.52. The van der Waals surface area contributed by atoms with Gasteiger partial charge in [-0.1, -0.05) is 23.4 Å². The fourth-order valence-electron chi connectivity index (χ4n) is 4.76. The van der Waals surface area contributed by atoms with Crippen molar-refractivity contribution in [2.75, 3.05) is 33.2 Å². The summed E-state index contributed by atoms with van der Waals surface area (Å²) in [5, 5.41) is 12.1. The Kier molecular flexibility index (Phi) is 3.97. The summed E-state index contributed by atoms with van der Waals surface area (Å²) in [4.78, 5) is 22.1. The first-order chi connectivity index (χ1) is 13.6. The number of aromatic amines is 1. The van der Waals surface area contributed by atoms with E-state index < -0.39 is 0 Å². The van der Waals surface area contributed by atoms with Gasteiger partial charge < -0.3 is 14.3 Å². The van der Waals surface area contributed by atoms with Gasteiger partial charge in [0, 0.05) is 23.9 Å². The third-order valence-electron chi connectivity index (χ3n) is 6.43. The molecule has 2 aromatic heterocycles. The lowest BCUT2D eigenvalue weighted by Crippen LogP contribution is -2.42. The molecule has 1 atom stereocenters. The van der Waals surface area contributed by atoms with E-state index >= 15 is 0 Å². The number of carbonyl (C=O) groups excluding carboxylic acids is 1. The van der Waals surface area contributed by atoms with Gasteiger partial charge in [0.05, 0.1) is 11.4 Å². The lowest BCUT2D eigenvalue weighted by Gasteiger charge is -2.40. The molecule has 0 bridgehead atoms. The maximum Gasteiger partial charge on any atom is 0.275 e. The summed E-state index contributed by atoms with van der Waals surface area (Å²) in [6, 6.07) is 7.74. The number of piperidine rings is 1. The van der Waals surface area contributed by atoms with Crippen LogP contribution >= 0.6 is 0 Å². The van der Waals surface area contributed by atoms with Gasteiger partial charge in [-0.2, -0.15) is 10.1 Å². The number of para-hydroxylation sites is 1. The number of aryl methyl sites for hydroxylation is 1. The van der Waals surface area contributed by atoms with E-state index in [0.717, 1.165) is 36.8 Å². The number of nitrogens with one attached hydrogen (secondary N) is 1. The molecule has 2 saturated heterocycles. The summed E-state index contributed by atoms with van der Waals surface area (Å²) in [6.45, 7) is 5.15. The Labute approximate surface area is 162 Å². The third kappa shape index (κ3) is 2.71. The van der Waals surface area contributed by atoms with Gasteiger partial charge in [-0.3, -0.25) is 9.89 Å². The SMILES string of the molecule is Cc1noc([C@H]2CN(C(=O)c3n[nH]c4ccccc34)CC23CCN(C)CC3)n1. The fraction of sp³-hybridized carbons (Fsp3) is 0.500. The highest BCUT2D eigenvalue weighted by molar-refractivity contribution is 6.04. The van der Waals surface area contributed by atoms with Gasteiger partial charge in [0.15, 0.2) is 11.5 Å². The molecule has 3 aromatic rings. The van der Waals surface area contributed by atoms with Crippen molar-refractivity contribution >= 4 is 16.8 Å². The Balaban J connectivity index is 1.48. The van der Waals surface area contributed by atoms with Crippen LogP contribution in [0, 0.1) is 12.3 Å². The molecule has 1 amide bonds. The topological polar surface area (TPSA) is 91.2 Å². The number of aromatic nitrogens is 4. The molecular formula is C20H24N6O2. The van der Waals surface area contributed by atoms with Crippen molar-refractivity contribution in [2.45, 2.75) is 25.7 Å². The Hall–Kier alpha value is -2.74. The van der Waals surface area contributed by atoms with Crippen molar-refractivity contribution in [1.82, 2.24) is 30.1 Å². The van der Waals surface area contributed by atoms with Crippen LogP contribution in [0.3, 0.4) is 0 Å². The zero-order valence-electron chi connectivity index (χ0n) is 16.2. The van der Waals surface area contributed by atoms with Gasteiger partial charge in [0.2, 0.25) is 5.89 Å². The molecule has 4 heterocycles. The lowest BCUT2D eigenvalue weighted by molar-refractivity contribution is 0.0722. The van der Waals surface area contributed by atoms with Crippen LogP contribution in [0.5, 0.6) is 0 Å². The van der Waals surface area contributed by atoms with E-state index in [9.17, 15) is 4.79 Å². The molecule has 0 unspecified atom stereocenters. The number of H-pyrrole nitrogens is 1. The zero-order chi connectivity index (χ0) is 19.3. The zero-order valence-corrected chi connectivity index (χ0v) is 16.2. The van der Waals surface area contributed by atoms with E-state index in [1.54, 1.807) is 0 Å². The normalized spacial score (nSPS) is 22.4. The molecule has 8 nitrogen and oxygen atoms in total. The second-order valence-electron chi connectivity index (χ2n) is 8.20. The molecule has 2 fully saturated rings. The number of hydrogen-bond donors (Lipinski definition) is 1. The Morgan fingerprint density at radius 2 is 2.07 bits per heavy atom. The summed E-state index contributed by atoms with van der Waals surface area (Å²) in [6.07, 6.45) is 2.03. The molecule has 8 heteroatoms. The van der Waals surface area contributed by atoms with Crippen molar-refractivity contribution in [2.24, 2.45) is 5.41 Å². The van der Waals surface area contributed by atoms with Crippen LogP contribution in [0.15, 0.2) is 28.8 Å². The van der Waals surface area contributed by atoms with Crippen molar-refractivity contribution in [3.05, 3.63) is 41.7 Å². The van der Waals surface area contributed by atoms with E-state index in [1.807, 2.05) is 36.1 Å². The maximum absolute atomic E-state index is 13.4. The lowest BCUT2D eigenvalue weighted by atomic mass is 9.71. The number of hydrogen-bond acceptors (Lipinski definition) is 6. The monoisotopic (exact) mass is 380 g/mol. The first-order valence-corrected chi connectivity index (χ1v) is 9.77. The van der Waals surface area contributed by atoms with Crippen molar-refractivity contribution in [3.63, 3.8) is 0 Å². The molecule has 0 radical (unpaired) electrons. The Morgan fingerprint density at radius 1 is 1.29 bits per heavy atom. The minimum atomic E-state index is -0.0329. The molecule has 2 aliphatic heterocycles. The second kappa shape index (κ2) is 6.41. The maximum atomic E-state index is 13.4. The highest BCUT2D eigenvalue weighted by atomic mass is 16.5. The number of rotatable bonds is 2. The van der Waals surface area contributed by atoms with E-state index in [2.05, 4.69) is 32.3 Å². The second-order valence-corrected chi connectivity index (χ2v) is 8.20. The Bertz CT molecular complexity index is 1020. The molecule has 1 aromatic carbocycles. The average molecular weight is 380 g/mol. The molecular weight excluding hydrogens is 356 g/mol. The number of fused-ring (bicyclic) bond motifs is 1. The third-order valence-corrected chi connectivity index (χ3v) is 6.43.